The molecule has 3 N–H and O–H groups in total. The summed E-state index contributed by atoms with van der Waals surface area (Å²) in [5, 5.41) is 10.6. The smallest absolute Gasteiger partial charge is 0.335 e. The fourth-order valence-electron chi connectivity index (χ4n) is 3.62. The quantitative estimate of drug-likeness (QED) is 0.705. The molecule has 7 heteroatoms. The van der Waals surface area contributed by atoms with Crippen LogP contribution in [-0.2, 0) is 17.6 Å². The van der Waals surface area contributed by atoms with E-state index in [1.165, 1.54) is 0 Å². The second kappa shape index (κ2) is 11.1. The molecule has 6 nitrogen and oxygen atoms in total. The molecule has 1 aromatic carbocycles. The van der Waals surface area contributed by atoms with Gasteiger partial charge in [-0.25, -0.2) is 4.79 Å². The summed E-state index contributed by atoms with van der Waals surface area (Å²) >= 11 is 6.40. The van der Waals surface area contributed by atoms with Crippen LogP contribution in [0, 0.1) is 0 Å². The first-order chi connectivity index (χ1) is 13.9. The Morgan fingerprint density at radius 2 is 1.83 bits per heavy atom. The van der Waals surface area contributed by atoms with Crippen LogP contribution < -0.4 is 5.73 Å². The zero-order valence-corrected chi connectivity index (χ0v) is 18.0. The van der Waals surface area contributed by atoms with Crippen molar-refractivity contribution in [2.24, 2.45) is 5.73 Å². The number of carbonyl (C=O) groups excluding carboxylic acids is 1. The molecular weight excluding hydrogens is 390 g/mol. The number of carboxylic acids is 1. The van der Waals surface area contributed by atoms with Gasteiger partial charge in [0.15, 0.2) is 0 Å². The maximum atomic E-state index is 11.0. The molecule has 158 valence electrons. The van der Waals surface area contributed by atoms with E-state index in [-0.39, 0.29) is 11.5 Å². The van der Waals surface area contributed by atoms with Gasteiger partial charge in [0.05, 0.1) is 22.6 Å². The number of amides is 1. The molecule has 0 bridgehead atoms. The number of carboxylic acid groups (broad SMARTS) is 1. The van der Waals surface area contributed by atoms with Gasteiger partial charge in [0.2, 0.25) is 5.91 Å². The van der Waals surface area contributed by atoms with Gasteiger partial charge in [-0.1, -0.05) is 31.5 Å². The third-order valence-corrected chi connectivity index (χ3v) is 5.33. The van der Waals surface area contributed by atoms with Crippen molar-refractivity contribution in [3.63, 3.8) is 0 Å². The first-order valence-corrected chi connectivity index (χ1v) is 10.6. The van der Waals surface area contributed by atoms with Crippen LogP contribution in [0.25, 0.3) is 10.9 Å². The van der Waals surface area contributed by atoms with Gasteiger partial charge in [0.1, 0.15) is 0 Å². The van der Waals surface area contributed by atoms with Crippen molar-refractivity contribution in [3.05, 3.63) is 40.0 Å². The highest BCUT2D eigenvalue weighted by Gasteiger charge is 2.17. The van der Waals surface area contributed by atoms with Crippen molar-refractivity contribution in [3.8, 4) is 0 Å². The predicted octanol–water partition coefficient (Wildman–Crippen LogP) is 4.06. The van der Waals surface area contributed by atoms with E-state index in [1.807, 2.05) is 0 Å². The van der Waals surface area contributed by atoms with E-state index in [2.05, 4.69) is 23.7 Å². The monoisotopic (exact) mass is 419 g/mol. The predicted molar refractivity (Wildman–Crippen MR) is 117 cm³/mol. The average molecular weight is 420 g/mol. The number of halogens is 1. The Morgan fingerprint density at radius 3 is 2.41 bits per heavy atom. The number of fused-ring (bicyclic) bond motifs is 2. The van der Waals surface area contributed by atoms with Crippen LogP contribution in [0.5, 0.6) is 0 Å². The van der Waals surface area contributed by atoms with Crippen LogP contribution in [0.2, 0.25) is 5.02 Å². The highest BCUT2D eigenvalue weighted by Crippen LogP contribution is 2.33. The molecule has 0 radical (unpaired) electrons. The molecule has 1 amide bonds. The Hall–Kier alpha value is -2.18. The molecular formula is C22H30ClN3O3. The number of primary amides is 1. The Balaban J connectivity index is 0.000000237. The number of benzene rings is 1. The van der Waals surface area contributed by atoms with Crippen LogP contribution in [0.4, 0.5) is 0 Å². The Morgan fingerprint density at radius 1 is 1.17 bits per heavy atom. The molecule has 0 spiro atoms. The van der Waals surface area contributed by atoms with E-state index in [0.29, 0.717) is 12.1 Å². The summed E-state index contributed by atoms with van der Waals surface area (Å²) in [6, 6.07) is 4.93. The zero-order chi connectivity index (χ0) is 21.4. The first kappa shape index (κ1) is 23.1. The van der Waals surface area contributed by atoms with Crippen molar-refractivity contribution in [1.82, 2.24) is 9.88 Å². The molecule has 0 saturated heterocycles. The zero-order valence-electron chi connectivity index (χ0n) is 17.2. The summed E-state index contributed by atoms with van der Waals surface area (Å²) < 4.78 is 0. The lowest BCUT2D eigenvalue weighted by atomic mass is 9.94. The number of hydrogen-bond donors (Lipinski definition) is 2. The first-order valence-electron chi connectivity index (χ1n) is 10.2. The lowest BCUT2D eigenvalue weighted by molar-refractivity contribution is -0.119. The molecule has 0 atom stereocenters. The maximum absolute atomic E-state index is 11.0. The SMILES string of the molecule is CCCN(CCC)CC(N)=O.O=C(O)c1ccc2c(Cl)c3c(nc2c1)CCCC3. The molecule has 0 fully saturated rings. The Kier molecular flexibility index (Phi) is 8.86. The molecule has 1 heterocycles. The average Bonchev–Trinajstić information content (AvgIpc) is 2.68. The molecule has 1 aliphatic carbocycles. The summed E-state index contributed by atoms with van der Waals surface area (Å²) in [6.45, 7) is 6.54. The minimum absolute atomic E-state index is 0.230. The maximum Gasteiger partial charge on any atom is 0.335 e. The molecule has 29 heavy (non-hydrogen) atoms. The van der Waals surface area contributed by atoms with Gasteiger partial charge in [0, 0.05) is 11.1 Å². The number of aromatic carboxylic acids is 1. The number of nitrogens with two attached hydrogens (primary N) is 1. The fraction of sp³-hybridized carbons (Fsp3) is 0.500. The number of rotatable bonds is 7. The normalized spacial score (nSPS) is 13.0. The van der Waals surface area contributed by atoms with Gasteiger partial charge in [-0.2, -0.15) is 0 Å². The highest BCUT2D eigenvalue weighted by atomic mass is 35.5. The molecule has 3 rings (SSSR count). The minimum atomic E-state index is -0.937. The Bertz CT molecular complexity index is 864. The minimum Gasteiger partial charge on any atom is -0.478 e. The van der Waals surface area contributed by atoms with Gasteiger partial charge in [-0.05, 0) is 69.3 Å². The standard InChI is InChI=1S/C14H12ClNO2.C8H18N2O/c15-13-9-3-1-2-4-11(9)16-12-7-8(14(17)18)5-6-10(12)13;1-3-5-10(6-4-2)7-8(9)11/h5-7H,1-4H2,(H,17,18);3-7H2,1-2H3,(H2,9,11). The fourth-order valence-corrected chi connectivity index (χ4v) is 3.99. The van der Waals surface area contributed by atoms with Crippen molar-refractivity contribution >= 4 is 34.4 Å². The summed E-state index contributed by atoms with van der Waals surface area (Å²) in [5.74, 6) is -1.17. The topological polar surface area (TPSA) is 96.5 Å². The number of aryl methyl sites for hydroxylation is 1. The molecule has 0 aliphatic heterocycles. The van der Waals surface area contributed by atoms with E-state index in [9.17, 15) is 9.59 Å². The molecule has 1 aromatic heterocycles. The molecule has 1 aliphatic rings. The lowest BCUT2D eigenvalue weighted by Crippen LogP contribution is -2.34. The largest absolute Gasteiger partial charge is 0.478 e. The van der Waals surface area contributed by atoms with E-state index >= 15 is 0 Å². The third kappa shape index (κ3) is 6.41. The van der Waals surface area contributed by atoms with Crippen LogP contribution in [-0.4, -0.2) is 46.5 Å². The Labute approximate surface area is 177 Å². The van der Waals surface area contributed by atoms with Crippen LogP contribution >= 0.6 is 11.6 Å². The van der Waals surface area contributed by atoms with Crippen molar-refractivity contribution in [1.29, 1.82) is 0 Å². The van der Waals surface area contributed by atoms with Gasteiger partial charge in [-0.3, -0.25) is 14.7 Å². The van der Waals surface area contributed by atoms with Gasteiger partial charge < -0.3 is 10.8 Å². The van der Waals surface area contributed by atoms with Crippen molar-refractivity contribution < 1.29 is 14.7 Å². The van der Waals surface area contributed by atoms with Gasteiger partial charge >= 0.3 is 5.97 Å². The molecule has 2 aromatic rings. The van der Waals surface area contributed by atoms with Crippen LogP contribution in [0.1, 0.15) is 61.1 Å². The van der Waals surface area contributed by atoms with E-state index in [0.717, 1.165) is 73.3 Å². The van der Waals surface area contributed by atoms with Crippen LogP contribution in [0.15, 0.2) is 18.2 Å². The summed E-state index contributed by atoms with van der Waals surface area (Å²) in [6.07, 6.45) is 6.33. The number of carbonyl (C=O) groups is 2. The lowest BCUT2D eigenvalue weighted by Gasteiger charge is -2.18. The van der Waals surface area contributed by atoms with E-state index in [4.69, 9.17) is 22.4 Å². The van der Waals surface area contributed by atoms with E-state index in [1.54, 1.807) is 18.2 Å². The van der Waals surface area contributed by atoms with Crippen molar-refractivity contribution in [2.45, 2.75) is 52.4 Å². The third-order valence-electron chi connectivity index (χ3n) is 4.90. The number of pyridine rings is 1. The highest BCUT2D eigenvalue weighted by molar-refractivity contribution is 6.36. The summed E-state index contributed by atoms with van der Waals surface area (Å²) in [4.78, 5) is 28.2. The van der Waals surface area contributed by atoms with Gasteiger partial charge in [0.25, 0.3) is 0 Å². The number of aromatic nitrogens is 1. The summed E-state index contributed by atoms with van der Waals surface area (Å²) in [5.41, 5.74) is 8.17. The van der Waals surface area contributed by atoms with Gasteiger partial charge in [-0.15, -0.1) is 0 Å². The molecule has 0 unspecified atom stereocenters. The number of nitrogens with zero attached hydrogens (tertiary/aromatic N) is 2. The van der Waals surface area contributed by atoms with Crippen molar-refractivity contribution in [2.75, 3.05) is 19.6 Å². The summed E-state index contributed by atoms with van der Waals surface area (Å²) in [7, 11) is 0. The molecule has 0 saturated carbocycles. The van der Waals surface area contributed by atoms with E-state index < -0.39 is 5.97 Å². The second-order valence-electron chi connectivity index (χ2n) is 7.34. The second-order valence-corrected chi connectivity index (χ2v) is 7.72. The number of hydrogen-bond acceptors (Lipinski definition) is 4. The van der Waals surface area contributed by atoms with Crippen LogP contribution in [0.3, 0.4) is 0 Å².